The number of benzene rings is 2. The quantitative estimate of drug-likeness (QED) is 0.198. The number of piperazine rings is 1. The first kappa shape index (κ1) is 37.5. The summed E-state index contributed by atoms with van der Waals surface area (Å²) in [6.45, 7) is -0.312. The van der Waals surface area contributed by atoms with Crippen molar-refractivity contribution in [3.63, 3.8) is 0 Å². The number of halogens is 4. The number of likely N-dealkylation sites (N-methyl/N-ethyl adjacent to an activating group) is 1. The van der Waals surface area contributed by atoms with Crippen molar-refractivity contribution in [2.45, 2.75) is 42.2 Å². The number of aromatic nitrogens is 1. The zero-order chi connectivity index (χ0) is 36.3. The number of rotatable bonds is 13. The number of thioether (sulfide) groups is 1. The Morgan fingerprint density at radius 2 is 1.73 bits per heavy atom. The van der Waals surface area contributed by atoms with E-state index >= 15 is 0 Å². The molecule has 2 saturated heterocycles. The van der Waals surface area contributed by atoms with Gasteiger partial charge in [0.1, 0.15) is 6.10 Å². The minimum atomic E-state index is -4.26. The number of amides is 1. The van der Waals surface area contributed by atoms with Crippen LogP contribution in [0, 0.1) is 5.92 Å². The van der Waals surface area contributed by atoms with E-state index in [0.29, 0.717) is 55.6 Å². The van der Waals surface area contributed by atoms with E-state index in [4.69, 9.17) is 32.7 Å². The molecule has 1 unspecified atom stereocenters. The fraction of sp³-hybridized carbons (Fsp3) is 0.441. The van der Waals surface area contributed by atoms with Crippen molar-refractivity contribution in [2.75, 3.05) is 52.1 Å². The second-order valence-electron chi connectivity index (χ2n) is 12.5. The minimum Gasteiger partial charge on any atom is -0.489 e. The number of alkyl halides is 2. The van der Waals surface area contributed by atoms with Gasteiger partial charge in [-0.1, -0.05) is 35.3 Å². The molecule has 1 saturated carbocycles. The zero-order valence-corrected chi connectivity index (χ0v) is 30.7. The van der Waals surface area contributed by atoms with E-state index in [0.717, 1.165) is 28.9 Å². The predicted molar refractivity (Wildman–Crippen MR) is 188 cm³/mol. The van der Waals surface area contributed by atoms with E-state index in [9.17, 15) is 26.8 Å². The Bertz CT molecular complexity index is 1840. The van der Waals surface area contributed by atoms with Crippen LogP contribution >= 0.6 is 35.0 Å². The van der Waals surface area contributed by atoms with Crippen LogP contribution in [0.15, 0.2) is 59.8 Å². The van der Waals surface area contributed by atoms with Gasteiger partial charge in [0.15, 0.2) is 16.9 Å². The molecule has 51 heavy (non-hydrogen) atoms. The summed E-state index contributed by atoms with van der Waals surface area (Å²) in [7, 11) is -2.29. The van der Waals surface area contributed by atoms with Crippen molar-refractivity contribution in [1.29, 1.82) is 0 Å². The Morgan fingerprint density at radius 1 is 1.00 bits per heavy atom. The fourth-order valence-corrected chi connectivity index (χ4v) is 9.38. The second-order valence-corrected chi connectivity index (χ2v) is 16.4. The monoisotopic (exact) mass is 784 g/mol. The molecular formula is C34H36Cl2F2N4O7S2. The number of esters is 1. The second kappa shape index (κ2) is 16.2. The normalized spacial score (nSPS) is 19.3. The number of hydrogen-bond donors (Lipinski definition) is 0. The Hall–Kier alpha value is -3.21. The number of sulfonamides is 1. The van der Waals surface area contributed by atoms with Gasteiger partial charge in [-0.05, 0) is 67.3 Å². The molecule has 11 nitrogen and oxygen atoms in total. The number of ether oxygens (including phenoxy) is 3. The average molecular weight is 786 g/mol. The Labute approximate surface area is 309 Å². The lowest BCUT2D eigenvalue weighted by atomic mass is 10.0. The highest BCUT2D eigenvalue weighted by molar-refractivity contribution is 8.02. The molecule has 3 aliphatic rings. The van der Waals surface area contributed by atoms with Crippen molar-refractivity contribution >= 4 is 56.9 Å². The van der Waals surface area contributed by atoms with Gasteiger partial charge in [0.05, 0.1) is 21.5 Å². The van der Waals surface area contributed by atoms with Gasteiger partial charge in [0.25, 0.3) is 5.91 Å². The van der Waals surface area contributed by atoms with Gasteiger partial charge < -0.3 is 24.0 Å². The third-order valence-corrected chi connectivity index (χ3v) is 12.7. The van der Waals surface area contributed by atoms with Crippen molar-refractivity contribution in [3.05, 3.63) is 81.6 Å². The molecule has 1 aromatic heterocycles. The standard InChI is InChI=1S/C34H36Cl2F2N4O7S2/c1-40-9-11-41(12-10-40)31(43)23-3-2-4-24(15-23)51(45,46)42-13-14-50-32(42)33(44)48-29(17-25-26(35)18-39-19-27(25)36)22-7-8-28(49-34(37)38)30(16-22)47-20-21-5-6-21/h2-4,7-8,15-16,18-19,21,29,32,34H,5-6,9-14,17,20H2,1H3/t29-,32?/m0/s1. The Balaban J connectivity index is 1.26. The van der Waals surface area contributed by atoms with E-state index < -0.39 is 34.1 Å². The van der Waals surface area contributed by atoms with Crippen LogP contribution in [-0.4, -0.2) is 103 Å². The molecule has 274 valence electrons. The van der Waals surface area contributed by atoms with Gasteiger partial charge in [-0.2, -0.15) is 13.1 Å². The van der Waals surface area contributed by atoms with Gasteiger partial charge in [-0.25, -0.2) is 13.2 Å². The van der Waals surface area contributed by atoms with Crippen molar-refractivity contribution in [1.82, 2.24) is 19.1 Å². The molecule has 3 fully saturated rings. The highest BCUT2D eigenvalue weighted by Crippen LogP contribution is 2.39. The molecule has 0 radical (unpaired) electrons. The van der Waals surface area contributed by atoms with Gasteiger partial charge in [0.2, 0.25) is 10.0 Å². The molecule has 2 aliphatic heterocycles. The van der Waals surface area contributed by atoms with E-state index in [2.05, 4.69) is 14.6 Å². The number of pyridine rings is 1. The molecule has 17 heteroatoms. The Kier molecular flexibility index (Phi) is 11.9. The third-order valence-electron chi connectivity index (χ3n) is 8.86. The first-order chi connectivity index (χ1) is 24.4. The number of hydrogen-bond acceptors (Lipinski definition) is 10. The molecule has 3 heterocycles. The summed E-state index contributed by atoms with van der Waals surface area (Å²) in [4.78, 5) is 34.9. The van der Waals surface area contributed by atoms with Crippen molar-refractivity contribution < 1.29 is 41.0 Å². The first-order valence-corrected chi connectivity index (χ1v) is 19.6. The maximum absolute atomic E-state index is 14.0. The summed E-state index contributed by atoms with van der Waals surface area (Å²) in [6.07, 6.45) is 3.53. The third kappa shape index (κ3) is 9.06. The fourth-order valence-electron chi connectivity index (χ4n) is 5.77. The van der Waals surface area contributed by atoms with Crippen molar-refractivity contribution in [2.24, 2.45) is 5.92 Å². The molecule has 2 aromatic carbocycles. The van der Waals surface area contributed by atoms with Gasteiger partial charge in [0, 0.05) is 62.9 Å². The average Bonchev–Trinajstić information content (AvgIpc) is 3.80. The van der Waals surface area contributed by atoms with Gasteiger partial charge in [-0.3, -0.25) is 9.78 Å². The van der Waals surface area contributed by atoms with Crippen LogP contribution in [0.1, 0.15) is 40.4 Å². The van der Waals surface area contributed by atoms with E-state index in [1.165, 1.54) is 48.8 Å². The summed E-state index contributed by atoms with van der Waals surface area (Å²) in [5.41, 5.74) is 0.994. The van der Waals surface area contributed by atoms with Crippen LogP contribution < -0.4 is 9.47 Å². The topological polar surface area (TPSA) is 119 Å². The smallest absolute Gasteiger partial charge is 0.387 e. The SMILES string of the molecule is CN1CCN(C(=O)c2cccc(S(=O)(=O)N3CCSC3C(=O)O[C@@H](Cc3c(Cl)cncc3Cl)c3ccc(OC(F)F)c(OCC4CC4)c3)c2)CC1. The summed E-state index contributed by atoms with van der Waals surface area (Å²) < 4.78 is 72.2. The van der Waals surface area contributed by atoms with E-state index in [1.807, 2.05) is 7.05 Å². The van der Waals surface area contributed by atoms with Gasteiger partial charge in [-0.15, -0.1) is 11.8 Å². The molecule has 2 atom stereocenters. The van der Waals surface area contributed by atoms with Gasteiger partial charge >= 0.3 is 12.6 Å². The maximum Gasteiger partial charge on any atom is 0.387 e. The van der Waals surface area contributed by atoms with Crippen LogP contribution in [0.5, 0.6) is 11.5 Å². The Morgan fingerprint density at radius 3 is 2.41 bits per heavy atom. The highest BCUT2D eigenvalue weighted by atomic mass is 35.5. The molecule has 6 rings (SSSR count). The molecular weight excluding hydrogens is 749 g/mol. The minimum absolute atomic E-state index is 0.0227. The lowest BCUT2D eigenvalue weighted by Crippen LogP contribution is -2.47. The van der Waals surface area contributed by atoms with Crippen LogP contribution in [0.3, 0.4) is 0 Å². The number of carbonyl (C=O) groups excluding carboxylic acids is 2. The summed E-state index contributed by atoms with van der Waals surface area (Å²) in [6, 6.07) is 10.0. The van der Waals surface area contributed by atoms with Crippen LogP contribution in [0.4, 0.5) is 8.78 Å². The summed E-state index contributed by atoms with van der Waals surface area (Å²) >= 11 is 14.0. The van der Waals surface area contributed by atoms with E-state index in [1.54, 1.807) is 11.0 Å². The summed E-state index contributed by atoms with van der Waals surface area (Å²) in [5, 5.41) is -0.849. The highest BCUT2D eigenvalue weighted by Gasteiger charge is 2.42. The maximum atomic E-state index is 14.0. The number of nitrogens with zero attached hydrogens (tertiary/aromatic N) is 4. The van der Waals surface area contributed by atoms with E-state index in [-0.39, 0.29) is 50.9 Å². The summed E-state index contributed by atoms with van der Waals surface area (Å²) in [5.74, 6) is -0.660. The predicted octanol–water partition coefficient (Wildman–Crippen LogP) is 5.76. The number of carbonyl (C=O) groups is 2. The zero-order valence-electron chi connectivity index (χ0n) is 27.6. The van der Waals surface area contributed by atoms with Crippen LogP contribution in [-0.2, 0) is 26.0 Å². The molecule has 0 spiro atoms. The molecule has 0 N–H and O–H groups in total. The molecule has 3 aromatic rings. The molecule has 1 aliphatic carbocycles. The lowest BCUT2D eigenvalue weighted by molar-refractivity contribution is -0.150. The van der Waals surface area contributed by atoms with Crippen LogP contribution in [0.2, 0.25) is 10.0 Å². The molecule has 0 bridgehead atoms. The van der Waals surface area contributed by atoms with Crippen LogP contribution in [0.25, 0.3) is 0 Å². The first-order valence-electron chi connectivity index (χ1n) is 16.3. The van der Waals surface area contributed by atoms with Crippen molar-refractivity contribution in [3.8, 4) is 11.5 Å². The lowest BCUT2D eigenvalue weighted by Gasteiger charge is -2.32. The molecule has 1 amide bonds. The largest absolute Gasteiger partial charge is 0.489 e.